The number of hydrogen-bond donors (Lipinski definition) is 6. The average molecular weight is 1220 g/mol. The molecule has 2 amide bonds. The third-order valence-corrected chi connectivity index (χ3v) is 19.1. The molecule has 6 atom stereocenters. The zero-order chi connectivity index (χ0) is 62.4. The number of carbonyl (C=O) groups excluding carboxylic acids is 2. The highest BCUT2D eigenvalue weighted by Gasteiger charge is 2.33. The summed E-state index contributed by atoms with van der Waals surface area (Å²) in [5.74, 6) is -0.212. The molecule has 1 rings (SSSR count). The normalized spacial score (nSPS) is 16.1. The fraction of sp³-hybridized carbons (Fsp3) is 0.974. The molecular weight excluding hydrogens is 1060 g/mol. The van der Waals surface area contributed by atoms with E-state index in [-0.39, 0.29) is 11.8 Å². The smallest absolute Gasteiger partial charge is 0.243 e. The number of aliphatic hydroxyl groups is 4. The maximum atomic E-state index is 13.5. The van der Waals surface area contributed by atoms with Gasteiger partial charge in [0.1, 0.15) is 12.1 Å². The minimum atomic E-state index is -0.548. The van der Waals surface area contributed by atoms with E-state index in [9.17, 15) is 30.0 Å². The molecule has 0 aromatic rings. The lowest BCUT2D eigenvalue weighted by atomic mass is 10.0. The third-order valence-electron chi connectivity index (χ3n) is 19.1. The molecular formula is C76H152N4O6. The summed E-state index contributed by atoms with van der Waals surface area (Å²) in [5, 5.41) is 51.0. The van der Waals surface area contributed by atoms with Crippen LogP contribution in [0.5, 0.6) is 0 Å². The minimum Gasteiger partial charge on any atom is -0.392 e. The van der Waals surface area contributed by atoms with Gasteiger partial charge in [0, 0.05) is 26.2 Å². The van der Waals surface area contributed by atoms with Crippen molar-refractivity contribution in [2.45, 2.75) is 437 Å². The Labute approximate surface area is 535 Å². The fourth-order valence-corrected chi connectivity index (χ4v) is 13.4. The van der Waals surface area contributed by atoms with E-state index in [0.717, 1.165) is 90.1 Å². The largest absolute Gasteiger partial charge is 0.392 e. The summed E-state index contributed by atoms with van der Waals surface area (Å²) in [4.78, 5) is 31.4. The number of piperazine rings is 1. The van der Waals surface area contributed by atoms with Crippen LogP contribution in [0.1, 0.15) is 400 Å². The topological polar surface area (TPSA) is 146 Å². The lowest BCUT2D eigenvalue weighted by Crippen LogP contribution is -2.61. The molecule has 10 heteroatoms. The molecule has 512 valence electrons. The lowest BCUT2D eigenvalue weighted by Gasteiger charge is -2.31. The second-order valence-electron chi connectivity index (χ2n) is 28.0. The van der Waals surface area contributed by atoms with Crippen LogP contribution in [0, 0.1) is 0 Å². The first-order valence-electron chi connectivity index (χ1n) is 38.9. The molecule has 1 fully saturated rings. The molecule has 0 bridgehead atoms. The van der Waals surface area contributed by atoms with Crippen molar-refractivity contribution in [3.63, 3.8) is 0 Å². The van der Waals surface area contributed by atoms with E-state index in [1.54, 1.807) is 0 Å². The number of hydrogen-bond acceptors (Lipinski definition) is 8. The predicted molar refractivity (Wildman–Crippen MR) is 371 cm³/mol. The van der Waals surface area contributed by atoms with Crippen molar-refractivity contribution in [1.82, 2.24) is 20.4 Å². The Bertz CT molecular complexity index is 1230. The minimum absolute atomic E-state index is 0.106. The van der Waals surface area contributed by atoms with Crippen LogP contribution < -0.4 is 10.6 Å². The Kier molecular flexibility index (Phi) is 61.4. The molecule has 0 radical (unpaired) electrons. The molecule has 1 aliphatic rings. The molecule has 1 aliphatic heterocycles. The van der Waals surface area contributed by atoms with Gasteiger partial charge in [0.05, 0.1) is 24.4 Å². The highest BCUT2D eigenvalue weighted by molar-refractivity contribution is 5.96. The average Bonchev–Trinajstić information content (AvgIpc) is 3.33. The van der Waals surface area contributed by atoms with E-state index in [0.29, 0.717) is 39.0 Å². The number of nitrogens with one attached hydrogen (secondary N) is 2. The highest BCUT2D eigenvalue weighted by atomic mass is 16.3. The van der Waals surface area contributed by atoms with Gasteiger partial charge in [0.25, 0.3) is 0 Å². The summed E-state index contributed by atoms with van der Waals surface area (Å²) in [6.07, 6.45) is 68.3. The van der Waals surface area contributed by atoms with E-state index in [4.69, 9.17) is 0 Å². The second kappa shape index (κ2) is 63.8. The molecule has 0 aromatic carbocycles. The van der Waals surface area contributed by atoms with Gasteiger partial charge >= 0.3 is 0 Å². The van der Waals surface area contributed by atoms with Crippen molar-refractivity contribution < 1.29 is 30.0 Å². The monoisotopic (exact) mass is 1220 g/mol. The van der Waals surface area contributed by atoms with E-state index >= 15 is 0 Å². The van der Waals surface area contributed by atoms with Gasteiger partial charge in [-0.2, -0.15) is 0 Å². The first-order chi connectivity index (χ1) is 42.1. The molecule has 6 N–H and O–H groups in total. The van der Waals surface area contributed by atoms with Crippen LogP contribution in [0.25, 0.3) is 0 Å². The van der Waals surface area contributed by atoms with Gasteiger partial charge in [-0.25, -0.2) is 0 Å². The number of aliphatic hydroxyl groups excluding tert-OH is 4. The predicted octanol–water partition coefficient (Wildman–Crippen LogP) is 19.7. The number of amides is 2. The number of rotatable bonds is 70. The molecule has 6 unspecified atom stereocenters. The standard InChI is InChI=1S/C76H152N4O6/c1-5-9-13-17-21-25-29-33-37-41-45-49-57-69(81)65-79(66-70(82)58-50-46-42-38-34-30-26-22-18-14-10-6-2)63-55-53-61-73-75(85)78-74(76(86)77-73)62-54-56-64-80(67-71(83)59-51-47-43-39-35-31-27-23-19-15-11-7-3)68-72(84)60-52-48-44-40-36-32-28-24-20-16-12-8-4/h69-74,81-84H,5-68H2,1-4H3,(H,77,86)(H,78,85). The van der Waals surface area contributed by atoms with Gasteiger partial charge in [-0.1, -0.05) is 336 Å². The summed E-state index contributed by atoms with van der Waals surface area (Å²) < 4.78 is 0. The van der Waals surface area contributed by atoms with Crippen molar-refractivity contribution in [2.24, 2.45) is 0 Å². The van der Waals surface area contributed by atoms with Crippen LogP contribution in [-0.4, -0.2) is 118 Å². The third kappa shape index (κ3) is 54.4. The molecule has 0 saturated carbocycles. The van der Waals surface area contributed by atoms with Crippen molar-refractivity contribution in [3.8, 4) is 0 Å². The second-order valence-corrected chi connectivity index (χ2v) is 28.0. The summed E-state index contributed by atoms with van der Waals surface area (Å²) >= 11 is 0. The van der Waals surface area contributed by atoms with E-state index in [1.165, 1.54) is 283 Å². The quantitative estimate of drug-likeness (QED) is 0.0330. The van der Waals surface area contributed by atoms with Gasteiger partial charge in [-0.15, -0.1) is 0 Å². The Hall–Kier alpha value is -1.30. The maximum Gasteiger partial charge on any atom is 0.243 e. The van der Waals surface area contributed by atoms with Gasteiger partial charge in [-0.3, -0.25) is 19.4 Å². The summed E-state index contributed by atoms with van der Waals surface area (Å²) in [5.41, 5.74) is 0. The Morgan fingerprint density at radius 2 is 0.442 bits per heavy atom. The van der Waals surface area contributed by atoms with E-state index in [1.807, 2.05) is 0 Å². The zero-order valence-electron chi connectivity index (χ0n) is 58.2. The Balaban J connectivity index is 2.62. The summed E-state index contributed by atoms with van der Waals surface area (Å²) in [6.45, 7) is 12.9. The number of carbonyl (C=O) groups is 2. The highest BCUT2D eigenvalue weighted by Crippen LogP contribution is 2.20. The van der Waals surface area contributed by atoms with Crippen LogP contribution in [0.15, 0.2) is 0 Å². The van der Waals surface area contributed by atoms with Gasteiger partial charge < -0.3 is 31.1 Å². The summed E-state index contributed by atoms with van der Waals surface area (Å²) in [7, 11) is 0. The van der Waals surface area contributed by atoms with Crippen molar-refractivity contribution in [3.05, 3.63) is 0 Å². The molecule has 1 heterocycles. The molecule has 86 heavy (non-hydrogen) atoms. The Morgan fingerprint density at radius 3 is 0.628 bits per heavy atom. The van der Waals surface area contributed by atoms with Gasteiger partial charge in [-0.05, 0) is 77.3 Å². The zero-order valence-corrected chi connectivity index (χ0v) is 58.2. The van der Waals surface area contributed by atoms with Crippen LogP contribution in [-0.2, 0) is 9.59 Å². The first kappa shape index (κ1) is 82.7. The van der Waals surface area contributed by atoms with Gasteiger partial charge in [0.15, 0.2) is 0 Å². The maximum absolute atomic E-state index is 13.5. The molecule has 0 spiro atoms. The number of nitrogens with zero attached hydrogens (tertiary/aromatic N) is 2. The molecule has 0 aromatic heterocycles. The van der Waals surface area contributed by atoms with Crippen LogP contribution in [0.4, 0.5) is 0 Å². The first-order valence-corrected chi connectivity index (χ1v) is 38.9. The molecule has 10 nitrogen and oxygen atoms in total. The number of unbranched alkanes of at least 4 members (excludes halogenated alkanes) is 46. The summed E-state index contributed by atoms with van der Waals surface area (Å²) in [6, 6.07) is -1.10. The fourth-order valence-electron chi connectivity index (χ4n) is 13.4. The van der Waals surface area contributed by atoms with Crippen LogP contribution >= 0.6 is 0 Å². The molecule has 0 aliphatic carbocycles. The van der Waals surface area contributed by atoms with E-state index in [2.05, 4.69) is 48.1 Å². The van der Waals surface area contributed by atoms with Crippen molar-refractivity contribution in [1.29, 1.82) is 0 Å². The molecule has 1 saturated heterocycles. The van der Waals surface area contributed by atoms with E-state index < -0.39 is 36.5 Å². The van der Waals surface area contributed by atoms with Crippen molar-refractivity contribution in [2.75, 3.05) is 39.3 Å². The van der Waals surface area contributed by atoms with Crippen LogP contribution in [0.2, 0.25) is 0 Å². The SMILES string of the molecule is CCCCCCCCCCCCCCC(O)CN(CCCCC1NC(=O)C(CCCCN(CC(O)CCCCCCCCCCCCCC)CC(O)CCCCCCCCCCCCCC)NC1=O)CC(O)CCCCCCCCCCCCCC. The lowest BCUT2D eigenvalue weighted by molar-refractivity contribution is -0.137. The van der Waals surface area contributed by atoms with Crippen LogP contribution in [0.3, 0.4) is 0 Å². The van der Waals surface area contributed by atoms with Crippen molar-refractivity contribution >= 4 is 11.8 Å². The van der Waals surface area contributed by atoms with Gasteiger partial charge in [0.2, 0.25) is 11.8 Å². The Morgan fingerprint density at radius 1 is 0.267 bits per heavy atom.